The van der Waals surface area contributed by atoms with Crippen molar-refractivity contribution in [3.63, 3.8) is 0 Å². The first-order chi connectivity index (χ1) is 21.4. The summed E-state index contributed by atoms with van der Waals surface area (Å²) in [5, 5.41) is 6.31. The molecule has 238 valence electrons. The normalized spacial score (nSPS) is 13.0. The lowest BCUT2D eigenvalue weighted by Crippen LogP contribution is -2.29. The van der Waals surface area contributed by atoms with E-state index in [0.717, 1.165) is 40.2 Å². The van der Waals surface area contributed by atoms with Crippen molar-refractivity contribution in [1.29, 1.82) is 0 Å². The van der Waals surface area contributed by atoms with Gasteiger partial charge in [0.15, 0.2) is 15.1 Å². The summed E-state index contributed by atoms with van der Waals surface area (Å²) in [4.78, 5) is 6.51. The van der Waals surface area contributed by atoms with Crippen LogP contribution in [-0.4, -0.2) is 45.5 Å². The predicted molar refractivity (Wildman–Crippen MR) is 158 cm³/mol. The number of sulfone groups is 1. The Bertz CT molecular complexity index is 1950. The summed E-state index contributed by atoms with van der Waals surface area (Å²) in [6.07, 6.45) is -4.90. The molecule has 2 heterocycles. The molecule has 5 aromatic rings. The van der Waals surface area contributed by atoms with Gasteiger partial charge in [0.2, 0.25) is 22.7 Å². The van der Waals surface area contributed by atoms with E-state index in [1.54, 1.807) is 13.2 Å². The Hall–Kier alpha value is -3.94. The molecule has 18 heteroatoms. The lowest BCUT2D eigenvalue weighted by molar-refractivity contribution is -0.274. The van der Waals surface area contributed by atoms with Crippen LogP contribution >= 0.6 is 11.3 Å². The topological polar surface area (TPSA) is 163 Å². The number of alkyl halides is 3. The molecule has 1 unspecified atom stereocenters. The Morgan fingerprint density at radius 2 is 1.67 bits per heavy atom. The molecular weight excluding hydrogens is 660 g/mol. The summed E-state index contributed by atoms with van der Waals surface area (Å²) in [5.74, 6) is -1.53. The van der Waals surface area contributed by atoms with E-state index in [9.17, 15) is 30.0 Å². The minimum absolute atomic E-state index is 0.108. The maximum Gasteiger partial charge on any atom is 0.573 e. The van der Waals surface area contributed by atoms with Crippen molar-refractivity contribution < 1.29 is 43.9 Å². The lowest BCUT2D eigenvalue weighted by atomic mass is 10.0. The summed E-state index contributed by atoms with van der Waals surface area (Å²) in [6, 6.07) is 17.7. The number of nitrogens with zero attached hydrogens (tertiary/aromatic N) is 3. The molecule has 45 heavy (non-hydrogen) atoms. The molecule has 0 spiro atoms. The van der Waals surface area contributed by atoms with Crippen LogP contribution < -0.4 is 15.0 Å². The fraction of sp³-hybridized carbons (Fsp3) is 0.222. The highest BCUT2D eigenvalue weighted by Gasteiger charge is 2.37. The van der Waals surface area contributed by atoms with E-state index >= 15 is 0 Å². The SMILES string of the molecule is COCc1ccc(-c2ccc3nc(C(c4nnc(CNN[SH](=O)=O)o4)S(=O)(=O)Cc4ccc(OC(F)(F)F)cc4)sc3c2)cc1. The molecule has 0 aliphatic heterocycles. The van der Waals surface area contributed by atoms with E-state index in [1.807, 2.05) is 41.2 Å². The molecule has 0 amide bonds. The number of hydrogen-bond acceptors (Lipinski definition) is 12. The van der Waals surface area contributed by atoms with Gasteiger partial charge in [0.25, 0.3) is 0 Å². The van der Waals surface area contributed by atoms with Crippen molar-refractivity contribution in [1.82, 2.24) is 25.4 Å². The number of fused-ring (bicyclic) bond motifs is 1. The Kier molecular flexibility index (Phi) is 9.80. The number of benzene rings is 3. The van der Waals surface area contributed by atoms with E-state index in [2.05, 4.69) is 25.3 Å². The van der Waals surface area contributed by atoms with Gasteiger partial charge >= 0.3 is 6.36 Å². The van der Waals surface area contributed by atoms with E-state index in [0.29, 0.717) is 16.8 Å². The smallest absolute Gasteiger partial charge is 0.422 e. The number of methoxy groups -OCH3 is 1. The number of hydrogen-bond donors (Lipinski definition) is 3. The quantitative estimate of drug-likeness (QED) is 0.120. The first-order valence-corrected chi connectivity index (χ1v) is 16.6. The zero-order chi connectivity index (χ0) is 32.2. The third-order valence-electron chi connectivity index (χ3n) is 6.23. The summed E-state index contributed by atoms with van der Waals surface area (Å²) >= 11 is 1.11. The van der Waals surface area contributed by atoms with Crippen LogP contribution in [0.1, 0.15) is 33.2 Å². The van der Waals surface area contributed by atoms with Crippen LogP contribution in [0.2, 0.25) is 0 Å². The summed E-state index contributed by atoms with van der Waals surface area (Å²) in [5.41, 5.74) is 5.85. The fourth-order valence-corrected chi connectivity index (χ4v) is 7.69. The molecule has 2 aromatic heterocycles. The van der Waals surface area contributed by atoms with Gasteiger partial charge in [-0.2, -0.15) is 4.83 Å². The molecule has 0 aliphatic rings. The van der Waals surface area contributed by atoms with Gasteiger partial charge in [-0.3, -0.25) is 0 Å². The maximum atomic E-state index is 13.9. The van der Waals surface area contributed by atoms with Gasteiger partial charge in [0.05, 0.1) is 29.1 Å². The van der Waals surface area contributed by atoms with Gasteiger partial charge in [0, 0.05) is 7.11 Å². The molecule has 0 aliphatic carbocycles. The maximum absolute atomic E-state index is 13.9. The minimum atomic E-state index is -4.90. The van der Waals surface area contributed by atoms with Gasteiger partial charge in [0.1, 0.15) is 10.8 Å². The Labute approximate surface area is 260 Å². The molecule has 0 fully saturated rings. The molecule has 0 saturated heterocycles. The molecule has 2 N–H and O–H groups in total. The molecule has 0 radical (unpaired) electrons. The van der Waals surface area contributed by atoms with Crippen LogP contribution in [-0.2, 0) is 44.4 Å². The minimum Gasteiger partial charge on any atom is -0.422 e. The van der Waals surface area contributed by atoms with Crippen molar-refractivity contribution >= 4 is 42.3 Å². The highest BCUT2D eigenvalue weighted by molar-refractivity contribution is 7.91. The van der Waals surface area contributed by atoms with Crippen LogP contribution in [0.3, 0.4) is 0 Å². The summed E-state index contributed by atoms with van der Waals surface area (Å²) in [6.45, 7) is 0.234. The number of thiazole rings is 1. The van der Waals surface area contributed by atoms with Crippen molar-refractivity contribution in [2.24, 2.45) is 0 Å². The third-order valence-corrected chi connectivity index (χ3v) is 9.68. The number of ether oxygens (including phenoxy) is 2. The van der Waals surface area contributed by atoms with Crippen LogP contribution in [0.5, 0.6) is 5.75 Å². The van der Waals surface area contributed by atoms with Gasteiger partial charge < -0.3 is 13.9 Å². The monoisotopic (exact) mass is 683 g/mol. The average Bonchev–Trinajstić information content (AvgIpc) is 3.60. The molecule has 1 atom stereocenters. The van der Waals surface area contributed by atoms with E-state index in [1.165, 1.54) is 12.1 Å². The van der Waals surface area contributed by atoms with Crippen molar-refractivity contribution in [3.8, 4) is 16.9 Å². The molecule has 12 nitrogen and oxygen atoms in total. The standard InChI is InChI=1S/C27H24F3N5O7S3/c1-40-14-16-2-6-18(7-3-16)19-8-11-21-22(12-19)43-26(32-21)24(25-34-33-23(41-25)13-31-35-44(36)37)45(38,39)15-17-4-9-20(10-5-17)42-27(28,29)30/h2-12,24,31,44H,13-15H2,1H3,(H,35,36,37). The first-order valence-electron chi connectivity index (χ1n) is 12.9. The molecule has 0 saturated carbocycles. The highest BCUT2D eigenvalue weighted by atomic mass is 32.2. The highest BCUT2D eigenvalue weighted by Crippen LogP contribution is 2.38. The van der Waals surface area contributed by atoms with Crippen molar-refractivity contribution in [2.45, 2.75) is 30.5 Å². The molecule has 0 bridgehead atoms. The van der Waals surface area contributed by atoms with Crippen LogP contribution in [0, 0.1) is 0 Å². The Morgan fingerprint density at radius 1 is 0.978 bits per heavy atom. The summed E-state index contributed by atoms with van der Waals surface area (Å²) in [7, 11) is -5.58. The van der Waals surface area contributed by atoms with Gasteiger partial charge in [-0.1, -0.05) is 42.5 Å². The van der Waals surface area contributed by atoms with Gasteiger partial charge in [-0.15, -0.1) is 34.7 Å². The molecule has 5 rings (SSSR count). The van der Waals surface area contributed by atoms with E-state index in [4.69, 9.17) is 9.15 Å². The predicted octanol–water partition coefficient (Wildman–Crippen LogP) is 4.22. The largest absolute Gasteiger partial charge is 0.573 e. The zero-order valence-electron chi connectivity index (χ0n) is 23.1. The number of hydrazine groups is 1. The van der Waals surface area contributed by atoms with Crippen LogP contribution in [0.4, 0.5) is 13.2 Å². The van der Waals surface area contributed by atoms with Crippen molar-refractivity contribution in [3.05, 3.63) is 94.6 Å². The number of thiol groups is 1. The molecular formula is C27H24F3N5O7S3. The number of rotatable bonds is 13. The number of nitrogens with one attached hydrogen (secondary N) is 2. The second kappa shape index (κ2) is 13.6. The number of aromatic nitrogens is 3. The average molecular weight is 684 g/mol. The summed E-state index contributed by atoms with van der Waals surface area (Å²) < 4.78 is 102. The van der Waals surface area contributed by atoms with E-state index in [-0.39, 0.29) is 28.9 Å². The van der Waals surface area contributed by atoms with Crippen LogP contribution in [0.15, 0.2) is 71.1 Å². The van der Waals surface area contributed by atoms with E-state index < -0.39 is 43.8 Å². The lowest BCUT2D eigenvalue weighted by Gasteiger charge is -2.13. The third kappa shape index (κ3) is 8.41. The zero-order valence-corrected chi connectivity index (χ0v) is 25.7. The number of halogens is 3. The van der Waals surface area contributed by atoms with Crippen molar-refractivity contribution in [2.75, 3.05) is 7.11 Å². The Morgan fingerprint density at radius 3 is 2.33 bits per heavy atom. The first kappa shape index (κ1) is 32.5. The second-order valence-corrected chi connectivity index (χ2v) is 13.4. The molecule has 3 aromatic carbocycles. The van der Waals surface area contributed by atoms with Gasteiger partial charge in [-0.05, 0) is 46.5 Å². The van der Waals surface area contributed by atoms with Gasteiger partial charge in [-0.25, -0.2) is 27.2 Å². The Balaban J connectivity index is 1.48. The second-order valence-electron chi connectivity index (χ2n) is 9.50. The van der Waals surface area contributed by atoms with Crippen LogP contribution in [0.25, 0.3) is 21.3 Å². The fourth-order valence-electron chi connectivity index (χ4n) is 4.33.